The highest BCUT2D eigenvalue weighted by atomic mass is 16.5. The van der Waals surface area contributed by atoms with Gasteiger partial charge in [0.15, 0.2) is 0 Å². The van der Waals surface area contributed by atoms with E-state index < -0.39 is 6.09 Å². The molecule has 1 aromatic carbocycles. The molecule has 19 heavy (non-hydrogen) atoms. The fourth-order valence-corrected chi connectivity index (χ4v) is 2.66. The van der Waals surface area contributed by atoms with Gasteiger partial charge in [-0.15, -0.1) is 0 Å². The molecule has 1 amide bonds. The highest BCUT2D eigenvalue weighted by molar-refractivity contribution is 5.64. The maximum atomic E-state index is 10.8. The summed E-state index contributed by atoms with van der Waals surface area (Å²) in [5.74, 6) is 0.0268. The molecule has 1 aliphatic rings. The molecule has 0 spiro atoms. The number of nitrogens with two attached hydrogens (primary N) is 1. The number of rotatable bonds is 5. The minimum Gasteiger partial charge on any atom is -0.449 e. The monoisotopic (exact) mass is 264 g/mol. The van der Waals surface area contributed by atoms with E-state index >= 15 is 0 Å². The van der Waals surface area contributed by atoms with Crippen molar-refractivity contribution < 1.29 is 14.6 Å². The second kappa shape index (κ2) is 6.54. The van der Waals surface area contributed by atoms with Crippen molar-refractivity contribution >= 4 is 6.09 Å². The lowest BCUT2D eigenvalue weighted by Crippen LogP contribution is -2.37. The molecule has 0 aromatic heterocycles. The lowest BCUT2D eigenvalue weighted by atomic mass is 9.85. The van der Waals surface area contributed by atoms with Crippen LogP contribution in [0.2, 0.25) is 0 Å². The number of ether oxygens (including phenoxy) is 1. The number of hydrogen-bond acceptors (Lipinski definition) is 4. The fourth-order valence-electron chi connectivity index (χ4n) is 2.66. The molecule has 4 N–H and O–H groups in total. The number of aliphatic hydroxyl groups is 1. The van der Waals surface area contributed by atoms with E-state index in [1.165, 1.54) is 11.1 Å². The molecule has 2 atom stereocenters. The van der Waals surface area contributed by atoms with Crippen LogP contribution in [-0.2, 0) is 11.2 Å². The molecule has 0 radical (unpaired) electrons. The minimum atomic E-state index is -0.771. The summed E-state index contributed by atoms with van der Waals surface area (Å²) in [6.07, 6.45) is 0.793. The molecule has 104 valence electrons. The summed E-state index contributed by atoms with van der Waals surface area (Å²) < 4.78 is 4.91. The second-order valence-corrected chi connectivity index (χ2v) is 4.78. The first-order chi connectivity index (χ1) is 9.22. The number of amides is 1. The van der Waals surface area contributed by atoms with E-state index in [1.54, 1.807) is 0 Å². The van der Waals surface area contributed by atoms with E-state index in [4.69, 9.17) is 10.5 Å². The number of nitrogens with one attached hydrogen (secondary N) is 1. The van der Waals surface area contributed by atoms with Crippen LogP contribution in [0.15, 0.2) is 24.3 Å². The molecule has 0 saturated heterocycles. The van der Waals surface area contributed by atoms with Crippen LogP contribution in [0, 0.1) is 5.92 Å². The van der Waals surface area contributed by atoms with Crippen LogP contribution in [-0.4, -0.2) is 31.0 Å². The fraction of sp³-hybridized carbons (Fsp3) is 0.500. The number of hydrogen-bond donors (Lipinski definition) is 3. The summed E-state index contributed by atoms with van der Waals surface area (Å²) in [5, 5.41) is 12.6. The average Bonchev–Trinajstić information content (AvgIpc) is 2.43. The summed E-state index contributed by atoms with van der Waals surface area (Å²) in [4.78, 5) is 10.8. The summed E-state index contributed by atoms with van der Waals surface area (Å²) in [5.41, 5.74) is 7.55. The van der Waals surface area contributed by atoms with E-state index in [-0.39, 0.29) is 25.2 Å². The van der Waals surface area contributed by atoms with E-state index in [1.807, 2.05) is 12.1 Å². The predicted octanol–water partition coefficient (Wildman–Crippen LogP) is 0.967. The van der Waals surface area contributed by atoms with E-state index in [9.17, 15) is 9.90 Å². The van der Waals surface area contributed by atoms with Crippen LogP contribution in [0.25, 0.3) is 0 Å². The third kappa shape index (κ3) is 3.45. The standard InChI is InChI=1S/C14H20N2O3/c15-14(18)19-9-11(6-8-17)13-12-4-2-1-3-10(12)5-7-16-13/h1-4,11,13,16-17H,5-9H2,(H2,15,18). The Bertz CT molecular complexity index is 436. The molecule has 1 heterocycles. The lowest BCUT2D eigenvalue weighted by molar-refractivity contribution is 0.109. The molecule has 1 aliphatic heterocycles. The van der Waals surface area contributed by atoms with Gasteiger partial charge in [-0.05, 0) is 30.5 Å². The lowest BCUT2D eigenvalue weighted by Gasteiger charge is -2.32. The molecule has 0 saturated carbocycles. The van der Waals surface area contributed by atoms with Gasteiger partial charge >= 0.3 is 6.09 Å². The van der Waals surface area contributed by atoms with Gasteiger partial charge in [0.05, 0.1) is 6.61 Å². The van der Waals surface area contributed by atoms with Gasteiger partial charge in [-0.2, -0.15) is 0 Å². The maximum absolute atomic E-state index is 10.8. The Morgan fingerprint density at radius 1 is 1.53 bits per heavy atom. The Morgan fingerprint density at radius 2 is 2.32 bits per heavy atom. The number of primary amides is 1. The van der Waals surface area contributed by atoms with Crippen molar-refractivity contribution in [2.24, 2.45) is 11.7 Å². The molecule has 0 fully saturated rings. The van der Waals surface area contributed by atoms with Crippen molar-refractivity contribution in [3.8, 4) is 0 Å². The molecule has 0 aliphatic carbocycles. The van der Waals surface area contributed by atoms with Gasteiger partial charge in [0.25, 0.3) is 0 Å². The topological polar surface area (TPSA) is 84.6 Å². The number of carbonyl (C=O) groups is 1. The maximum Gasteiger partial charge on any atom is 0.404 e. The minimum absolute atomic E-state index is 0.0268. The third-order valence-corrected chi connectivity index (χ3v) is 3.56. The highest BCUT2D eigenvalue weighted by Gasteiger charge is 2.27. The molecular formula is C14H20N2O3. The number of carbonyl (C=O) groups excluding carboxylic acids is 1. The van der Waals surface area contributed by atoms with Crippen molar-refractivity contribution in [1.82, 2.24) is 5.32 Å². The van der Waals surface area contributed by atoms with Crippen LogP contribution >= 0.6 is 0 Å². The number of benzene rings is 1. The van der Waals surface area contributed by atoms with Crippen molar-refractivity contribution in [2.75, 3.05) is 19.8 Å². The summed E-state index contributed by atoms with van der Waals surface area (Å²) in [7, 11) is 0. The first kappa shape index (κ1) is 13.8. The summed E-state index contributed by atoms with van der Waals surface area (Å²) in [6.45, 7) is 1.18. The van der Waals surface area contributed by atoms with Gasteiger partial charge in [0, 0.05) is 18.6 Å². The quantitative estimate of drug-likeness (QED) is 0.739. The number of fused-ring (bicyclic) bond motifs is 1. The molecule has 5 nitrogen and oxygen atoms in total. The molecule has 1 aromatic rings. The Morgan fingerprint density at radius 3 is 3.05 bits per heavy atom. The molecule has 2 unspecified atom stereocenters. The van der Waals surface area contributed by atoms with Crippen molar-refractivity contribution in [1.29, 1.82) is 0 Å². The van der Waals surface area contributed by atoms with Crippen LogP contribution < -0.4 is 11.1 Å². The van der Waals surface area contributed by atoms with Crippen LogP contribution in [0.4, 0.5) is 4.79 Å². The zero-order valence-electron chi connectivity index (χ0n) is 10.8. The molecular weight excluding hydrogens is 244 g/mol. The Labute approximate surface area is 112 Å². The van der Waals surface area contributed by atoms with Crippen LogP contribution in [0.3, 0.4) is 0 Å². The van der Waals surface area contributed by atoms with Crippen molar-refractivity contribution in [3.05, 3.63) is 35.4 Å². The second-order valence-electron chi connectivity index (χ2n) is 4.78. The van der Waals surface area contributed by atoms with Gasteiger partial charge in [-0.3, -0.25) is 0 Å². The molecule has 2 rings (SSSR count). The van der Waals surface area contributed by atoms with Gasteiger partial charge in [0.2, 0.25) is 0 Å². The summed E-state index contributed by atoms with van der Waals surface area (Å²) >= 11 is 0. The zero-order chi connectivity index (χ0) is 13.7. The van der Waals surface area contributed by atoms with E-state index in [2.05, 4.69) is 17.4 Å². The van der Waals surface area contributed by atoms with Crippen LogP contribution in [0.1, 0.15) is 23.6 Å². The van der Waals surface area contributed by atoms with Gasteiger partial charge in [-0.25, -0.2) is 4.79 Å². The Hall–Kier alpha value is -1.59. The first-order valence-electron chi connectivity index (χ1n) is 6.56. The average molecular weight is 264 g/mol. The smallest absolute Gasteiger partial charge is 0.404 e. The largest absolute Gasteiger partial charge is 0.449 e. The van der Waals surface area contributed by atoms with Crippen LogP contribution in [0.5, 0.6) is 0 Å². The van der Waals surface area contributed by atoms with Gasteiger partial charge in [0.1, 0.15) is 0 Å². The SMILES string of the molecule is NC(=O)OCC(CCO)C1NCCc2ccccc21. The summed E-state index contributed by atoms with van der Waals surface area (Å²) in [6, 6.07) is 8.33. The molecule has 0 bridgehead atoms. The van der Waals surface area contributed by atoms with Gasteiger partial charge in [-0.1, -0.05) is 24.3 Å². The normalized spacial score (nSPS) is 19.5. The number of aliphatic hydroxyl groups excluding tert-OH is 1. The Balaban J connectivity index is 2.15. The Kier molecular flexibility index (Phi) is 4.76. The highest BCUT2D eigenvalue weighted by Crippen LogP contribution is 2.30. The predicted molar refractivity (Wildman–Crippen MR) is 71.6 cm³/mol. The zero-order valence-corrected chi connectivity index (χ0v) is 10.8. The van der Waals surface area contributed by atoms with E-state index in [0.717, 1.165) is 13.0 Å². The van der Waals surface area contributed by atoms with E-state index in [0.29, 0.717) is 6.42 Å². The van der Waals surface area contributed by atoms with Gasteiger partial charge < -0.3 is 20.9 Å². The third-order valence-electron chi connectivity index (χ3n) is 3.56. The molecule has 5 heteroatoms. The van der Waals surface area contributed by atoms with Crippen molar-refractivity contribution in [3.63, 3.8) is 0 Å². The van der Waals surface area contributed by atoms with Crippen molar-refractivity contribution in [2.45, 2.75) is 18.9 Å². The first-order valence-corrected chi connectivity index (χ1v) is 6.56.